The van der Waals surface area contributed by atoms with Crippen molar-refractivity contribution in [3.05, 3.63) is 50.7 Å². The molecule has 0 bridgehead atoms. The molecule has 13 heavy (non-hydrogen) atoms. The molecule has 1 aromatic carbocycles. The second-order valence-electron chi connectivity index (χ2n) is 1.65. The molecule has 0 heterocycles. The molecule has 72 valence electrons. The second-order valence-corrected chi connectivity index (χ2v) is 1.65. The zero-order valence-corrected chi connectivity index (χ0v) is 15.2. The molecule has 0 spiro atoms. The van der Waals surface area contributed by atoms with Gasteiger partial charge in [-0.25, -0.2) is 0 Å². The van der Waals surface area contributed by atoms with Crippen molar-refractivity contribution in [1.29, 1.82) is 0 Å². The predicted octanol–water partition coefficient (Wildman–Crippen LogP) is 3.92. The predicted molar refractivity (Wildman–Crippen MR) is 55.4 cm³/mol. The molecular weight excluding hydrogens is 310 g/mol. The van der Waals surface area contributed by atoms with Crippen LogP contribution in [-0.2, 0) is 65.4 Å². The zero-order valence-electron chi connectivity index (χ0n) is 9.54. The molecule has 0 saturated carbocycles. The molecule has 2 heteroatoms. The molecule has 0 atom stereocenters. The van der Waals surface area contributed by atoms with E-state index in [9.17, 15) is 0 Å². The van der Waals surface area contributed by atoms with E-state index in [0.29, 0.717) is 0 Å². The summed E-state index contributed by atoms with van der Waals surface area (Å²) in [5, 5.41) is 0. The molecule has 0 fully saturated rings. The maximum atomic E-state index is 2.08. The van der Waals surface area contributed by atoms with E-state index in [4.69, 9.17) is 0 Å². The summed E-state index contributed by atoms with van der Waals surface area (Å²) in [6, 6.07) is 10.3. The third kappa shape index (κ3) is 19.7. The van der Waals surface area contributed by atoms with Gasteiger partial charge in [0.2, 0.25) is 0 Å². The van der Waals surface area contributed by atoms with Crippen LogP contribution in [-0.4, -0.2) is 0 Å². The average Bonchev–Trinajstić information content (AvgIpc) is 1.94. The number of rotatable bonds is 0. The van der Waals surface area contributed by atoms with Crippen molar-refractivity contribution >= 4 is 0 Å². The molecule has 1 aromatic rings. The van der Waals surface area contributed by atoms with Gasteiger partial charge < -0.3 is 14.9 Å². The Morgan fingerprint density at radius 3 is 1.23 bits per heavy atom. The average molecular weight is 330 g/mol. The third-order valence-corrected chi connectivity index (χ3v) is 0.940. The van der Waals surface area contributed by atoms with Gasteiger partial charge in [-0.1, -0.05) is 49.7 Å². The first-order chi connectivity index (χ1) is 4.39. The van der Waals surface area contributed by atoms with E-state index >= 15 is 0 Å². The Kier molecular flexibility index (Phi) is 52.5. The first kappa shape index (κ1) is 29.3. The number of hydrogen-bond donors (Lipinski definition) is 0. The van der Waals surface area contributed by atoms with Gasteiger partial charge in [0.25, 0.3) is 0 Å². The number of aryl methyl sites for hydroxylation is 1. The van der Waals surface area contributed by atoms with Crippen LogP contribution in [0.1, 0.15) is 19.4 Å². The fourth-order valence-corrected chi connectivity index (χ4v) is 0.534. The van der Waals surface area contributed by atoms with Gasteiger partial charge in [-0.3, -0.25) is 0 Å². The summed E-state index contributed by atoms with van der Waals surface area (Å²) in [6.45, 7) is 6.08. The van der Waals surface area contributed by atoms with Crippen molar-refractivity contribution in [1.82, 2.24) is 0 Å². The molecule has 0 aliphatic heterocycles. The van der Waals surface area contributed by atoms with Gasteiger partial charge in [0.1, 0.15) is 0 Å². The van der Waals surface area contributed by atoms with Gasteiger partial charge in [0, 0.05) is 65.4 Å². The molecule has 2 radical (unpaired) electrons. The van der Waals surface area contributed by atoms with E-state index in [2.05, 4.69) is 19.1 Å². The molecule has 0 aliphatic rings. The minimum Gasteiger partial charge on any atom is -0.358 e. The summed E-state index contributed by atoms with van der Waals surface area (Å²) in [6.07, 6.45) is 0. The summed E-state index contributed by atoms with van der Waals surface area (Å²) in [5.41, 5.74) is 1.32. The van der Waals surface area contributed by atoms with Crippen LogP contribution in [0.3, 0.4) is 0 Å². The summed E-state index contributed by atoms with van der Waals surface area (Å²) < 4.78 is 0. The largest absolute Gasteiger partial charge is 0.358 e. The zero-order chi connectivity index (χ0) is 7.11. The quantitative estimate of drug-likeness (QED) is 0.633. The van der Waals surface area contributed by atoms with E-state index in [1.54, 1.807) is 0 Å². The maximum absolute atomic E-state index is 2.08. The fourth-order valence-electron chi connectivity index (χ4n) is 0.534. The van der Waals surface area contributed by atoms with Crippen LogP contribution < -0.4 is 0 Å². The Morgan fingerprint density at radius 2 is 1.08 bits per heavy atom. The van der Waals surface area contributed by atoms with Gasteiger partial charge in [-0.2, -0.15) is 0 Å². The SMILES string of the molecule is CC.Cc1ccccc1.[CH3-].[CH3-].[Y].[Y]. The molecule has 0 amide bonds. The standard InChI is InChI=1S/C7H8.C2H6.2CH3.2Y/c1-7-5-3-2-4-6-7;1-2;;;;/h2-6H,1H3;1-2H3;2*1H3;;/q;;2*-1;;. The van der Waals surface area contributed by atoms with E-state index in [-0.39, 0.29) is 80.3 Å². The molecule has 0 unspecified atom stereocenters. The van der Waals surface area contributed by atoms with Gasteiger partial charge in [0.15, 0.2) is 0 Å². The van der Waals surface area contributed by atoms with Crippen molar-refractivity contribution in [3.63, 3.8) is 0 Å². The van der Waals surface area contributed by atoms with E-state index in [1.165, 1.54) is 5.56 Å². The summed E-state index contributed by atoms with van der Waals surface area (Å²) in [5.74, 6) is 0. The minimum atomic E-state index is 0. The first-order valence-electron chi connectivity index (χ1n) is 3.41. The van der Waals surface area contributed by atoms with Crippen LogP contribution in [0, 0.1) is 21.8 Å². The van der Waals surface area contributed by atoms with Crippen LogP contribution in [0.5, 0.6) is 0 Å². The normalized spacial score (nSPS) is 5.15. The number of benzene rings is 1. The van der Waals surface area contributed by atoms with Crippen molar-refractivity contribution in [2.45, 2.75) is 20.8 Å². The Morgan fingerprint density at radius 1 is 0.769 bits per heavy atom. The van der Waals surface area contributed by atoms with Crippen LogP contribution >= 0.6 is 0 Å². The van der Waals surface area contributed by atoms with Gasteiger partial charge in [0.05, 0.1) is 0 Å². The Balaban J connectivity index is -0.0000000335. The van der Waals surface area contributed by atoms with Crippen molar-refractivity contribution in [2.75, 3.05) is 0 Å². The monoisotopic (exact) mass is 330 g/mol. The Hall–Kier alpha value is 1.43. The maximum Gasteiger partial charge on any atom is 0 e. The van der Waals surface area contributed by atoms with Gasteiger partial charge in [-0.15, -0.1) is 0 Å². The van der Waals surface area contributed by atoms with E-state index in [1.807, 2.05) is 32.0 Å². The van der Waals surface area contributed by atoms with E-state index < -0.39 is 0 Å². The Bertz CT molecular complexity index is 138. The molecule has 0 N–H and O–H groups in total. The van der Waals surface area contributed by atoms with Crippen molar-refractivity contribution < 1.29 is 65.4 Å². The molecule has 0 aromatic heterocycles. The van der Waals surface area contributed by atoms with Crippen LogP contribution in [0.25, 0.3) is 0 Å². The smallest absolute Gasteiger partial charge is 0 e. The van der Waals surface area contributed by atoms with Crippen LogP contribution in [0.4, 0.5) is 0 Å². The van der Waals surface area contributed by atoms with Crippen molar-refractivity contribution in [3.8, 4) is 0 Å². The van der Waals surface area contributed by atoms with Gasteiger partial charge in [-0.05, 0) is 6.92 Å². The summed E-state index contributed by atoms with van der Waals surface area (Å²) in [4.78, 5) is 0. The van der Waals surface area contributed by atoms with E-state index in [0.717, 1.165) is 0 Å². The van der Waals surface area contributed by atoms with Crippen molar-refractivity contribution in [2.24, 2.45) is 0 Å². The number of hydrogen-bond acceptors (Lipinski definition) is 0. The molecule has 1 rings (SSSR count). The molecular formula is C11H20Y2-2. The van der Waals surface area contributed by atoms with Crippen LogP contribution in [0.15, 0.2) is 30.3 Å². The molecule has 0 saturated heterocycles. The first-order valence-corrected chi connectivity index (χ1v) is 3.41. The summed E-state index contributed by atoms with van der Waals surface area (Å²) in [7, 11) is 0. The fraction of sp³-hybridized carbons (Fsp3) is 0.273. The summed E-state index contributed by atoms with van der Waals surface area (Å²) >= 11 is 0. The topological polar surface area (TPSA) is 0 Å². The third-order valence-electron chi connectivity index (χ3n) is 0.940. The molecule has 0 nitrogen and oxygen atoms in total. The minimum absolute atomic E-state index is 0. The van der Waals surface area contributed by atoms with Crippen LogP contribution in [0.2, 0.25) is 0 Å². The second kappa shape index (κ2) is 23.3. The molecule has 0 aliphatic carbocycles. The van der Waals surface area contributed by atoms with Gasteiger partial charge >= 0.3 is 0 Å². The Labute approximate surface area is 135 Å².